The van der Waals surface area contributed by atoms with Crippen LogP contribution in [0.2, 0.25) is 0 Å². The number of hydrogen-bond acceptors (Lipinski definition) is 0. The summed E-state index contributed by atoms with van der Waals surface area (Å²) in [6, 6.07) is 52.9. The molecule has 1 aliphatic rings. The lowest BCUT2D eigenvalue weighted by Gasteiger charge is -2.28. The molecule has 0 unspecified atom stereocenters. The van der Waals surface area contributed by atoms with E-state index in [1.807, 2.05) is 0 Å². The van der Waals surface area contributed by atoms with Crippen LogP contribution in [0.5, 0.6) is 0 Å². The average Bonchev–Trinajstić information content (AvgIpc) is 3.59. The van der Waals surface area contributed by atoms with Crippen molar-refractivity contribution in [1.29, 1.82) is 0 Å². The van der Waals surface area contributed by atoms with E-state index in [1.165, 1.54) is 132 Å². The lowest BCUT2D eigenvalue weighted by Crippen LogP contribution is -2.16. The standard InChI is InChI=1S/C68H72/c1-39(2)48-28-29-53-62(50-27-21-23-41-22-17-18-24-49(41)50)54(40(3)4)36-56-55-37-58-59(38-57(55)63(48)64(53)56)61(43-32-46(67(11,12)13)35-47(33-43)68(14,15)16)52-26-20-19-25-51(52)60(58)42-30-44(65(5,6)7)34-45(31-42)66(8,9)10/h17-40H,1-16H3. The molecule has 0 nitrogen and oxygen atoms in total. The van der Waals surface area contributed by atoms with Crippen LogP contribution in [0.25, 0.3) is 98.7 Å². The Morgan fingerprint density at radius 2 is 0.735 bits per heavy atom. The first kappa shape index (κ1) is 45.8. The maximum Gasteiger partial charge on any atom is -0.00170 e. The summed E-state index contributed by atoms with van der Waals surface area (Å²) in [6.45, 7) is 37.9. The minimum Gasteiger partial charge on any atom is -0.0616 e. The van der Waals surface area contributed by atoms with Crippen LogP contribution in [0.4, 0.5) is 0 Å². The van der Waals surface area contributed by atoms with E-state index in [0.29, 0.717) is 11.8 Å². The van der Waals surface area contributed by atoms with Gasteiger partial charge in [0.05, 0.1) is 0 Å². The summed E-state index contributed by atoms with van der Waals surface area (Å²) in [7, 11) is 0. The molecule has 0 fully saturated rings. The minimum absolute atomic E-state index is 0.0286. The molecule has 0 atom stereocenters. The van der Waals surface area contributed by atoms with E-state index >= 15 is 0 Å². The maximum absolute atomic E-state index is 2.64. The monoisotopic (exact) mass is 889 g/mol. The zero-order chi connectivity index (χ0) is 48.6. The van der Waals surface area contributed by atoms with Gasteiger partial charge in [0, 0.05) is 0 Å². The van der Waals surface area contributed by atoms with Crippen molar-refractivity contribution in [3.63, 3.8) is 0 Å². The van der Waals surface area contributed by atoms with Crippen LogP contribution >= 0.6 is 0 Å². The number of rotatable bonds is 5. The van der Waals surface area contributed by atoms with Gasteiger partial charge in [0.15, 0.2) is 0 Å². The predicted molar refractivity (Wildman–Crippen MR) is 300 cm³/mol. The van der Waals surface area contributed by atoms with Crippen LogP contribution in [0.1, 0.15) is 156 Å². The number of hydrogen-bond donors (Lipinski definition) is 0. The zero-order valence-corrected chi connectivity index (χ0v) is 43.9. The van der Waals surface area contributed by atoms with E-state index in [-0.39, 0.29) is 21.7 Å². The summed E-state index contributed by atoms with van der Waals surface area (Å²) in [4.78, 5) is 0. The van der Waals surface area contributed by atoms with Gasteiger partial charge in [0.2, 0.25) is 0 Å². The molecule has 0 saturated heterocycles. The molecule has 0 aliphatic heterocycles. The van der Waals surface area contributed by atoms with Gasteiger partial charge in [0.25, 0.3) is 0 Å². The first-order chi connectivity index (χ1) is 31.9. The Hall–Kier alpha value is -5.98. The van der Waals surface area contributed by atoms with E-state index in [1.54, 1.807) is 0 Å². The van der Waals surface area contributed by atoms with Gasteiger partial charge in [0.1, 0.15) is 0 Å². The van der Waals surface area contributed by atoms with Crippen molar-refractivity contribution >= 4 is 43.1 Å². The third-order valence-corrected chi connectivity index (χ3v) is 15.3. The van der Waals surface area contributed by atoms with Gasteiger partial charge >= 0.3 is 0 Å². The fourth-order valence-corrected chi connectivity index (χ4v) is 11.3. The predicted octanol–water partition coefficient (Wildman–Crippen LogP) is 20.4. The van der Waals surface area contributed by atoms with Gasteiger partial charge in [-0.05, 0) is 184 Å². The van der Waals surface area contributed by atoms with Gasteiger partial charge in [-0.15, -0.1) is 0 Å². The highest BCUT2D eigenvalue weighted by Crippen LogP contribution is 2.57. The number of fused-ring (bicyclic) bond motifs is 6. The Morgan fingerprint density at radius 1 is 0.294 bits per heavy atom. The Balaban J connectivity index is 1.43. The van der Waals surface area contributed by atoms with Crippen LogP contribution in [-0.2, 0) is 21.7 Å². The fourth-order valence-electron chi connectivity index (χ4n) is 11.3. The summed E-state index contributed by atoms with van der Waals surface area (Å²) < 4.78 is 0. The lowest BCUT2D eigenvalue weighted by atomic mass is 9.76. The van der Waals surface area contributed by atoms with E-state index < -0.39 is 0 Å². The molecule has 0 spiro atoms. The van der Waals surface area contributed by atoms with Gasteiger partial charge < -0.3 is 0 Å². The average molecular weight is 889 g/mol. The normalized spacial score (nSPS) is 13.3. The van der Waals surface area contributed by atoms with Crippen molar-refractivity contribution < 1.29 is 0 Å². The summed E-state index contributed by atoms with van der Waals surface area (Å²) in [5, 5.41) is 10.6. The molecule has 0 bridgehead atoms. The Morgan fingerprint density at radius 3 is 1.21 bits per heavy atom. The topological polar surface area (TPSA) is 0 Å². The van der Waals surface area contributed by atoms with Crippen molar-refractivity contribution in [3.8, 4) is 55.6 Å². The Bertz CT molecular complexity index is 3450. The third kappa shape index (κ3) is 7.49. The summed E-state index contributed by atoms with van der Waals surface area (Å²) in [5.41, 5.74) is 21.6. The van der Waals surface area contributed by atoms with Gasteiger partial charge in [-0.3, -0.25) is 0 Å². The third-order valence-electron chi connectivity index (χ3n) is 15.3. The minimum atomic E-state index is -0.0288. The smallest absolute Gasteiger partial charge is 0.00170 e. The van der Waals surface area contributed by atoms with Gasteiger partial charge in [-0.2, -0.15) is 0 Å². The zero-order valence-electron chi connectivity index (χ0n) is 43.9. The number of benzene rings is 9. The quantitative estimate of drug-likeness (QED) is 0.151. The van der Waals surface area contributed by atoms with E-state index in [0.717, 1.165) is 0 Å². The molecule has 0 saturated carbocycles. The molecule has 344 valence electrons. The van der Waals surface area contributed by atoms with Crippen LogP contribution in [0.3, 0.4) is 0 Å². The molecule has 10 rings (SSSR count). The molecule has 68 heavy (non-hydrogen) atoms. The lowest BCUT2D eigenvalue weighted by molar-refractivity contribution is 0.568. The summed E-state index contributed by atoms with van der Waals surface area (Å²) in [6.07, 6.45) is 0. The van der Waals surface area contributed by atoms with Crippen molar-refractivity contribution in [2.75, 3.05) is 0 Å². The van der Waals surface area contributed by atoms with Crippen LogP contribution in [-0.4, -0.2) is 0 Å². The fraction of sp³-hybridized carbons (Fsp3) is 0.324. The highest BCUT2D eigenvalue weighted by molar-refractivity contribution is 6.27. The molecular formula is C68H72. The van der Waals surface area contributed by atoms with Gasteiger partial charge in [-0.25, -0.2) is 0 Å². The molecule has 0 aromatic heterocycles. The van der Waals surface area contributed by atoms with Crippen molar-refractivity contribution in [2.24, 2.45) is 0 Å². The highest BCUT2D eigenvalue weighted by Gasteiger charge is 2.32. The molecular weight excluding hydrogens is 817 g/mol. The van der Waals surface area contributed by atoms with Crippen molar-refractivity contribution in [1.82, 2.24) is 0 Å². The van der Waals surface area contributed by atoms with Crippen LogP contribution in [0.15, 0.2) is 133 Å². The molecule has 0 radical (unpaired) electrons. The second-order valence-electron chi connectivity index (χ2n) is 25.0. The SMILES string of the molecule is CC(C)c1cc2c3c(c(C(C)C)ccc3c1-c1cccc3ccccc13)-c1cc3c(-c4cc(C(C)(C)C)cc(C(C)(C)C)c4)c4ccccc4c(-c4cc(C(C)(C)C)cc(C(C)(C)C)c4)c3cc1-2. The summed E-state index contributed by atoms with van der Waals surface area (Å²) >= 11 is 0. The molecule has 0 amide bonds. The molecule has 9 aromatic carbocycles. The summed E-state index contributed by atoms with van der Waals surface area (Å²) in [5.74, 6) is 0.659. The van der Waals surface area contributed by atoms with Crippen molar-refractivity contribution in [3.05, 3.63) is 167 Å². The molecule has 1 aliphatic carbocycles. The van der Waals surface area contributed by atoms with E-state index in [9.17, 15) is 0 Å². The van der Waals surface area contributed by atoms with Crippen LogP contribution < -0.4 is 0 Å². The first-order valence-corrected chi connectivity index (χ1v) is 25.4. The molecule has 0 heteroatoms. The van der Waals surface area contributed by atoms with E-state index in [2.05, 4.69) is 244 Å². The van der Waals surface area contributed by atoms with Gasteiger partial charge in [-0.1, -0.05) is 226 Å². The Kier molecular flexibility index (Phi) is 10.6. The maximum atomic E-state index is 2.64. The largest absolute Gasteiger partial charge is 0.0616 e. The second-order valence-corrected chi connectivity index (χ2v) is 25.0. The first-order valence-electron chi connectivity index (χ1n) is 25.4. The molecule has 0 heterocycles. The second kappa shape index (κ2) is 15.8. The Labute approximate surface area is 407 Å². The molecule has 9 aromatic rings. The molecule has 0 N–H and O–H groups in total. The van der Waals surface area contributed by atoms with Crippen LogP contribution in [0, 0.1) is 0 Å². The van der Waals surface area contributed by atoms with Crippen molar-refractivity contribution in [2.45, 2.75) is 144 Å². The highest BCUT2D eigenvalue weighted by atomic mass is 14.4. The van der Waals surface area contributed by atoms with E-state index in [4.69, 9.17) is 0 Å².